The van der Waals surface area contributed by atoms with Gasteiger partial charge in [0.2, 0.25) is 11.8 Å². The molecule has 7 nitrogen and oxygen atoms in total. The van der Waals surface area contributed by atoms with Crippen LogP contribution in [0.3, 0.4) is 0 Å². The molecule has 0 unspecified atom stereocenters. The number of aliphatic carboxylic acids is 1. The Morgan fingerprint density at radius 3 is 2.37 bits per heavy atom. The molecule has 1 rings (SSSR count). The quantitative estimate of drug-likeness (QED) is 0.359. The molecule has 0 saturated carbocycles. The number of hydrogen-bond donors (Lipinski definition) is 3. The second-order valence-corrected chi connectivity index (χ2v) is 6.52. The van der Waals surface area contributed by atoms with E-state index in [1.54, 1.807) is 0 Å². The van der Waals surface area contributed by atoms with Gasteiger partial charge in [-0.2, -0.15) is 0 Å². The van der Waals surface area contributed by atoms with Crippen LogP contribution >= 0.6 is 0 Å². The number of aryl methyl sites for hydroxylation is 1. The van der Waals surface area contributed by atoms with E-state index in [9.17, 15) is 19.2 Å². The summed E-state index contributed by atoms with van der Waals surface area (Å²) in [5.74, 6) is -1.76. The van der Waals surface area contributed by atoms with Crippen molar-refractivity contribution < 1.29 is 24.3 Å². The van der Waals surface area contributed by atoms with Crippen LogP contribution in [-0.4, -0.2) is 41.3 Å². The van der Waals surface area contributed by atoms with Crippen molar-refractivity contribution in [3.05, 3.63) is 35.9 Å². The number of nitrogens with one attached hydrogen (secondary N) is 2. The topological polar surface area (TPSA) is 113 Å². The van der Waals surface area contributed by atoms with E-state index in [4.69, 9.17) is 5.11 Å². The molecular formula is C20H28N2O5. The predicted octanol–water partition coefficient (Wildman–Crippen LogP) is 1.84. The molecule has 0 aliphatic heterocycles. The number of rotatable bonds is 13. The Morgan fingerprint density at radius 2 is 1.74 bits per heavy atom. The molecule has 2 atom stereocenters. The van der Waals surface area contributed by atoms with Gasteiger partial charge in [0.25, 0.3) is 0 Å². The van der Waals surface area contributed by atoms with E-state index in [-0.39, 0.29) is 18.7 Å². The minimum Gasteiger partial charge on any atom is -0.481 e. The summed E-state index contributed by atoms with van der Waals surface area (Å²) in [4.78, 5) is 45.4. The lowest BCUT2D eigenvalue weighted by atomic mass is 10.1. The molecule has 0 radical (unpaired) electrons. The van der Waals surface area contributed by atoms with Crippen LogP contribution in [0.1, 0.15) is 51.0 Å². The number of hydrogen-bond acceptors (Lipinski definition) is 4. The van der Waals surface area contributed by atoms with Crippen molar-refractivity contribution in [2.45, 2.75) is 64.0 Å². The highest BCUT2D eigenvalue weighted by molar-refractivity contribution is 5.88. The van der Waals surface area contributed by atoms with E-state index in [0.717, 1.165) is 25.7 Å². The van der Waals surface area contributed by atoms with Crippen LogP contribution in [-0.2, 0) is 25.6 Å². The van der Waals surface area contributed by atoms with Gasteiger partial charge in [0, 0.05) is 12.8 Å². The van der Waals surface area contributed by atoms with Crippen LogP contribution in [0.15, 0.2) is 30.3 Å². The van der Waals surface area contributed by atoms with Gasteiger partial charge in [0.15, 0.2) is 0 Å². The first-order valence-corrected chi connectivity index (χ1v) is 9.23. The van der Waals surface area contributed by atoms with Crippen LogP contribution in [0, 0.1) is 0 Å². The SMILES string of the molecule is C[C@H](NC(=O)CCCCCc1ccccc1)C(=O)N[C@H](C=O)CCC(=O)O. The van der Waals surface area contributed by atoms with Gasteiger partial charge in [0.1, 0.15) is 12.3 Å². The van der Waals surface area contributed by atoms with Crippen LogP contribution in [0.4, 0.5) is 0 Å². The van der Waals surface area contributed by atoms with Gasteiger partial charge in [-0.1, -0.05) is 36.8 Å². The van der Waals surface area contributed by atoms with Crippen molar-refractivity contribution in [1.82, 2.24) is 10.6 Å². The summed E-state index contributed by atoms with van der Waals surface area (Å²) in [6.07, 6.45) is 4.28. The molecule has 148 valence electrons. The van der Waals surface area contributed by atoms with Gasteiger partial charge in [-0.05, 0) is 38.2 Å². The molecule has 0 saturated heterocycles. The second kappa shape index (κ2) is 12.6. The Kier molecular flexibility index (Phi) is 10.4. The third kappa shape index (κ3) is 10.1. The maximum absolute atomic E-state index is 12.0. The van der Waals surface area contributed by atoms with Gasteiger partial charge < -0.3 is 20.5 Å². The lowest BCUT2D eigenvalue weighted by molar-refractivity contribution is -0.137. The normalized spacial score (nSPS) is 12.6. The molecule has 0 bridgehead atoms. The summed E-state index contributed by atoms with van der Waals surface area (Å²) < 4.78 is 0. The molecule has 2 amide bonds. The maximum Gasteiger partial charge on any atom is 0.303 e. The molecule has 0 aliphatic rings. The molecule has 7 heteroatoms. The highest BCUT2D eigenvalue weighted by Gasteiger charge is 2.19. The summed E-state index contributed by atoms with van der Waals surface area (Å²) >= 11 is 0. The number of carbonyl (C=O) groups is 4. The fraction of sp³-hybridized carbons (Fsp3) is 0.500. The van der Waals surface area contributed by atoms with Crippen LogP contribution in [0.25, 0.3) is 0 Å². The van der Waals surface area contributed by atoms with E-state index >= 15 is 0 Å². The van der Waals surface area contributed by atoms with E-state index in [0.29, 0.717) is 12.7 Å². The van der Waals surface area contributed by atoms with E-state index in [1.807, 2.05) is 18.2 Å². The highest BCUT2D eigenvalue weighted by Crippen LogP contribution is 2.07. The summed E-state index contributed by atoms with van der Waals surface area (Å²) in [5, 5.41) is 13.7. The van der Waals surface area contributed by atoms with Gasteiger partial charge in [0.05, 0.1) is 6.04 Å². The molecule has 0 aliphatic carbocycles. The molecule has 27 heavy (non-hydrogen) atoms. The smallest absolute Gasteiger partial charge is 0.303 e. The Bertz CT molecular complexity index is 618. The second-order valence-electron chi connectivity index (χ2n) is 6.52. The van der Waals surface area contributed by atoms with E-state index in [1.165, 1.54) is 12.5 Å². The molecule has 0 spiro atoms. The average molecular weight is 376 g/mol. The van der Waals surface area contributed by atoms with Gasteiger partial charge >= 0.3 is 5.97 Å². The summed E-state index contributed by atoms with van der Waals surface area (Å²) in [6, 6.07) is 8.50. The van der Waals surface area contributed by atoms with Crippen LogP contribution < -0.4 is 10.6 Å². The van der Waals surface area contributed by atoms with Crippen LogP contribution in [0.5, 0.6) is 0 Å². The number of amides is 2. The van der Waals surface area contributed by atoms with Crippen molar-refractivity contribution in [2.24, 2.45) is 0 Å². The number of carbonyl (C=O) groups excluding carboxylic acids is 3. The number of carboxylic acid groups (broad SMARTS) is 1. The molecule has 1 aromatic rings. The number of benzene rings is 1. The van der Waals surface area contributed by atoms with E-state index < -0.39 is 24.0 Å². The zero-order valence-electron chi connectivity index (χ0n) is 15.6. The van der Waals surface area contributed by atoms with Crippen molar-refractivity contribution in [1.29, 1.82) is 0 Å². The van der Waals surface area contributed by atoms with E-state index in [2.05, 4.69) is 22.8 Å². The summed E-state index contributed by atoms with van der Waals surface area (Å²) in [6.45, 7) is 1.53. The fourth-order valence-electron chi connectivity index (χ4n) is 2.58. The predicted molar refractivity (Wildman–Crippen MR) is 101 cm³/mol. The lowest BCUT2D eigenvalue weighted by Gasteiger charge is -2.17. The molecule has 0 aromatic heterocycles. The fourth-order valence-corrected chi connectivity index (χ4v) is 2.58. The Hall–Kier alpha value is -2.70. The number of carboxylic acids is 1. The zero-order chi connectivity index (χ0) is 20.1. The summed E-state index contributed by atoms with van der Waals surface area (Å²) in [7, 11) is 0. The number of unbranched alkanes of at least 4 members (excludes halogenated alkanes) is 2. The molecule has 0 fully saturated rings. The molecule has 1 aromatic carbocycles. The maximum atomic E-state index is 12.0. The molecular weight excluding hydrogens is 348 g/mol. The monoisotopic (exact) mass is 376 g/mol. The zero-order valence-corrected chi connectivity index (χ0v) is 15.6. The van der Waals surface area contributed by atoms with Crippen molar-refractivity contribution >= 4 is 24.1 Å². The number of aldehydes is 1. The lowest BCUT2D eigenvalue weighted by Crippen LogP contribution is -2.48. The molecule has 3 N–H and O–H groups in total. The molecule has 0 heterocycles. The Balaban J connectivity index is 2.21. The van der Waals surface area contributed by atoms with Crippen LogP contribution in [0.2, 0.25) is 0 Å². The highest BCUT2D eigenvalue weighted by atomic mass is 16.4. The van der Waals surface area contributed by atoms with Gasteiger partial charge in [-0.25, -0.2) is 0 Å². The first kappa shape index (κ1) is 22.3. The van der Waals surface area contributed by atoms with Gasteiger partial charge in [-0.3, -0.25) is 14.4 Å². The minimum atomic E-state index is -1.04. The standard InChI is InChI=1S/C20H28N2O5/c1-15(20(27)22-17(14-23)12-13-19(25)26)21-18(24)11-7-3-6-10-16-8-4-2-5-9-16/h2,4-5,8-9,14-15,17H,3,6-7,10-13H2,1H3,(H,21,24)(H,22,27)(H,25,26)/t15-,17-/m0/s1. The van der Waals surface area contributed by atoms with Gasteiger partial charge in [-0.15, -0.1) is 0 Å². The van der Waals surface area contributed by atoms with Crippen molar-refractivity contribution in [3.8, 4) is 0 Å². The third-order valence-corrected chi connectivity index (χ3v) is 4.14. The first-order valence-electron chi connectivity index (χ1n) is 9.23. The van der Waals surface area contributed by atoms with Crippen molar-refractivity contribution in [2.75, 3.05) is 0 Å². The Labute approximate surface area is 159 Å². The Morgan fingerprint density at radius 1 is 1.04 bits per heavy atom. The average Bonchev–Trinajstić information content (AvgIpc) is 2.65. The van der Waals surface area contributed by atoms with Crippen molar-refractivity contribution in [3.63, 3.8) is 0 Å². The first-order chi connectivity index (χ1) is 12.9. The largest absolute Gasteiger partial charge is 0.481 e. The third-order valence-electron chi connectivity index (χ3n) is 4.14. The minimum absolute atomic E-state index is 0.0205. The summed E-state index contributed by atoms with van der Waals surface area (Å²) in [5.41, 5.74) is 1.28.